The van der Waals surface area contributed by atoms with Gasteiger partial charge in [-0.2, -0.15) is 0 Å². The third-order valence-corrected chi connectivity index (χ3v) is 5.39. The fourth-order valence-corrected chi connectivity index (χ4v) is 3.21. The molecule has 0 saturated carbocycles. The molecule has 0 radical (unpaired) electrons. The van der Waals surface area contributed by atoms with Crippen LogP contribution in [0.25, 0.3) is 0 Å². The predicted molar refractivity (Wildman–Crippen MR) is 108 cm³/mol. The molecule has 0 fully saturated rings. The molecular formula is C22H40NO3+. The van der Waals surface area contributed by atoms with Gasteiger partial charge in [-0.25, -0.2) is 0 Å². The Morgan fingerprint density at radius 1 is 0.654 bits per heavy atom. The maximum Gasteiger partial charge on any atom is 0.106 e. The van der Waals surface area contributed by atoms with Crippen LogP contribution in [0.3, 0.4) is 0 Å². The first-order valence-corrected chi connectivity index (χ1v) is 9.99. The van der Waals surface area contributed by atoms with Crippen molar-refractivity contribution in [3.05, 3.63) is 35.9 Å². The van der Waals surface area contributed by atoms with Crippen LogP contribution in [0.4, 0.5) is 0 Å². The molecule has 1 rings (SSSR count). The molecule has 4 nitrogen and oxygen atoms in total. The van der Waals surface area contributed by atoms with E-state index in [1.165, 1.54) is 0 Å². The number of aliphatic hydroxyl groups excluding tert-OH is 3. The van der Waals surface area contributed by atoms with Crippen LogP contribution in [0.1, 0.15) is 47.1 Å². The van der Waals surface area contributed by atoms with Crippen LogP contribution in [-0.4, -0.2) is 57.7 Å². The second-order valence-electron chi connectivity index (χ2n) is 8.97. The molecule has 1 aromatic rings. The van der Waals surface area contributed by atoms with Crippen LogP contribution < -0.4 is 0 Å². The summed E-state index contributed by atoms with van der Waals surface area (Å²) in [5.41, 5.74) is 1.16. The van der Waals surface area contributed by atoms with Crippen LogP contribution in [-0.2, 0) is 6.54 Å². The first-order chi connectivity index (χ1) is 12.1. The normalized spacial score (nSPS) is 16.3. The van der Waals surface area contributed by atoms with Gasteiger partial charge in [0.2, 0.25) is 0 Å². The zero-order valence-corrected chi connectivity index (χ0v) is 17.5. The molecule has 1 aromatic carbocycles. The fourth-order valence-electron chi connectivity index (χ4n) is 3.21. The van der Waals surface area contributed by atoms with Gasteiger partial charge in [0.05, 0.1) is 0 Å². The molecule has 0 spiro atoms. The van der Waals surface area contributed by atoms with Gasteiger partial charge >= 0.3 is 0 Å². The predicted octanol–water partition coefficient (Wildman–Crippen LogP) is 3.05. The number of hydrogen-bond acceptors (Lipinski definition) is 3. The number of benzene rings is 1. The molecule has 0 aliphatic heterocycles. The Hall–Kier alpha value is -0.940. The average Bonchev–Trinajstić information content (AvgIpc) is 2.55. The van der Waals surface area contributed by atoms with Crippen molar-refractivity contribution in [2.24, 2.45) is 17.8 Å². The van der Waals surface area contributed by atoms with Crippen LogP contribution in [0.5, 0.6) is 0 Å². The highest BCUT2D eigenvalue weighted by Gasteiger charge is 2.37. The topological polar surface area (TPSA) is 60.7 Å². The second kappa shape index (κ2) is 10.4. The summed E-state index contributed by atoms with van der Waals surface area (Å²) in [6, 6.07) is 10.2. The quantitative estimate of drug-likeness (QED) is 0.528. The number of aliphatic hydroxyl groups is 3. The summed E-state index contributed by atoms with van der Waals surface area (Å²) in [6.45, 7) is 14.4. The van der Waals surface area contributed by atoms with Gasteiger partial charge in [0, 0.05) is 5.56 Å². The Kier molecular flexibility index (Phi) is 9.25. The van der Waals surface area contributed by atoms with Gasteiger partial charge in [0.25, 0.3) is 0 Å². The van der Waals surface area contributed by atoms with Crippen molar-refractivity contribution in [1.82, 2.24) is 0 Å². The van der Waals surface area contributed by atoms with Crippen molar-refractivity contribution in [3.8, 4) is 0 Å². The van der Waals surface area contributed by atoms with Gasteiger partial charge in [0.15, 0.2) is 0 Å². The van der Waals surface area contributed by atoms with Gasteiger partial charge in [-0.1, -0.05) is 71.9 Å². The molecule has 0 aliphatic carbocycles. The largest absolute Gasteiger partial charge is 0.387 e. The molecule has 0 aromatic heterocycles. The molecule has 0 saturated heterocycles. The first-order valence-electron chi connectivity index (χ1n) is 9.99. The van der Waals surface area contributed by atoms with Gasteiger partial charge in [-0.3, -0.25) is 0 Å². The number of hydrogen-bond donors (Lipinski definition) is 3. The highest BCUT2D eigenvalue weighted by atomic mass is 16.3. The summed E-state index contributed by atoms with van der Waals surface area (Å²) >= 11 is 0. The van der Waals surface area contributed by atoms with Crippen LogP contribution in [0.2, 0.25) is 0 Å². The molecule has 0 amide bonds. The van der Waals surface area contributed by atoms with E-state index < -0.39 is 18.3 Å². The first kappa shape index (κ1) is 23.1. The van der Waals surface area contributed by atoms with Crippen LogP contribution >= 0.6 is 0 Å². The van der Waals surface area contributed by atoms with Crippen molar-refractivity contribution in [1.29, 1.82) is 0 Å². The lowest BCUT2D eigenvalue weighted by molar-refractivity contribution is -0.949. The average molecular weight is 367 g/mol. The van der Waals surface area contributed by atoms with Gasteiger partial charge in [-0.15, -0.1) is 0 Å². The highest BCUT2D eigenvalue weighted by Crippen LogP contribution is 2.23. The standard InChI is InChI=1S/C22H40NO3/c1-16(2)20(24)13-23(14-21(25)17(3)4,15-22(26)18(5)6)12-19-10-8-7-9-11-19/h7-11,16-18,20-22,24-26H,12-15H2,1-6H3/q+1/t20-,21-,22-/m0/s1. The maximum absolute atomic E-state index is 10.7. The third kappa shape index (κ3) is 7.36. The van der Waals surface area contributed by atoms with E-state index in [4.69, 9.17) is 0 Å². The highest BCUT2D eigenvalue weighted by molar-refractivity contribution is 5.13. The monoisotopic (exact) mass is 366 g/mol. The van der Waals surface area contributed by atoms with E-state index in [1.54, 1.807) is 0 Å². The molecule has 3 N–H and O–H groups in total. The van der Waals surface area contributed by atoms with E-state index in [2.05, 4.69) is 12.1 Å². The lowest BCUT2D eigenvalue weighted by Gasteiger charge is -2.44. The Morgan fingerprint density at radius 2 is 1.00 bits per heavy atom. The van der Waals surface area contributed by atoms with Crippen molar-refractivity contribution >= 4 is 0 Å². The Morgan fingerprint density at radius 3 is 1.31 bits per heavy atom. The minimum Gasteiger partial charge on any atom is -0.387 e. The summed E-state index contributed by atoms with van der Waals surface area (Å²) in [4.78, 5) is 0. The van der Waals surface area contributed by atoms with Crippen molar-refractivity contribution in [2.75, 3.05) is 19.6 Å². The molecule has 0 unspecified atom stereocenters. The zero-order valence-electron chi connectivity index (χ0n) is 17.5. The number of rotatable bonds is 11. The van der Waals surface area contributed by atoms with E-state index in [-0.39, 0.29) is 17.8 Å². The van der Waals surface area contributed by atoms with Crippen LogP contribution in [0, 0.1) is 17.8 Å². The third-order valence-electron chi connectivity index (χ3n) is 5.39. The van der Waals surface area contributed by atoms with E-state index in [9.17, 15) is 15.3 Å². The fraction of sp³-hybridized carbons (Fsp3) is 0.727. The zero-order chi connectivity index (χ0) is 19.9. The van der Waals surface area contributed by atoms with Gasteiger partial charge in [-0.05, 0) is 17.8 Å². The second-order valence-corrected chi connectivity index (χ2v) is 8.97. The molecular weight excluding hydrogens is 326 g/mol. The Bertz CT molecular complexity index is 461. The van der Waals surface area contributed by atoms with E-state index in [0.717, 1.165) is 5.56 Å². The smallest absolute Gasteiger partial charge is 0.106 e. The number of nitrogens with zero attached hydrogens (tertiary/aromatic N) is 1. The van der Waals surface area contributed by atoms with Crippen LogP contribution in [0.15, 0.2) is 30.3 Å². The molecule has 150 valence electrons. The van der Waals surface area contributed by atoms with Gasteiger partial charge in [0.1, 0.15) is 44.5 Å². The van der Waals surface area contributed by atoms with E-state index in [1.807, 2.05) is 59.7 Å². The molecule has 0 bridgehead atoms. The lowest BCUT2D eigenvalue weighted by atomic mass is 9.98. The molecule has 4 heteroatoms. The van der Waals surface area contributed by atoms with Gasteiger partial charge < -0.3 is 19.8 Å². The molecule has 0 aliphatic rings. The van der Waals surface area contributed by atoms with Crippen molar-refractivity contribution < 1.29 is 19.8 Å². The Balaban J connectivity index is 3.23. The summed E-state index contributed by atoms with van der Waals surface area (Å²) < 4.78 is 0.488. The minimum absolute atomic E-state index is 0.135. The lowest BCUT2D eigenvalue weighted by Crippen LogP contribution is -2.59. The Labute approximate surface area is 160 Å². The molecule has 0 heterocycles. The summed E-state index contributed by atoms with van der Waals surface area (Å²) in [6.07, 6.45) is -1.42. The SMILES string of the molecule is CC(C)[C@@H](O)C[N+](Cc1ccccc1)(C[C@H](O)C(C)C)C[C@H](O)C(C)C. The van der Waals surface area contributed by atoms with E-state index in [0.29, 0.717) is 30.7 Å². The summed E-state index contributed by atoms with van der Waals surface area (Å²) in [5.74, 6) is 0.405. The van der Waals surface area contributed by atoms with E-state index >= 15 is 0 Å². The molecule has 26 heavy (non-hydrogen) atoms. The molecule has 3 atom stereocenters. The number of quaternary nitrogens is 1. The summed E-state index contributed by atoms with van der Waals surface area (Å²) in [5, 5.41) is 32.0. The minimum atomic E-state index is -0.475. The maximum atomic E-state index is 10.7. The summed E-state index contributed by atoms with van der Waals surface area (Å²) in [7, 11) is 0. The van der Waals surface area contributed by atoms with Crippen molar-refractivity contribution in [3.63, 3.8) is 0 Å². The van der Waals surface area contributed by atoms with Crippen molar-refractivity contribution in [2.45, 2.75) is 66.4 Å².